The topological polar surface area (TPSA) is 67.8 Å². The van der Waals surface area contributed by atoms with Gasteiger partial charge in [0, 0.05) is 30.3 Å². The highest BCUT2D eigenvalue weighted by Crippen LogP contribution is 2.35. The summed E-state index contributed by atoms with van der Waals surface area (Å²) in [6, 6.07) is 9.98. The zero-order chi connectivity index (χ0) is 18.4. The SMILES string of the molecule is CCNC(=NCc1cc2c(cc1OC)CC(C)O2)NCc1ccccn1.I. The van der Waals surface area contributed by atoms with Gasteiger partial charge in [0.15, 0.2) is 5.96 Å². The van der Waals surface area contributed by atoms with Crippen LogP contribution in [0.5, 0.6) is 11.5 Å². The largest absolute Gasteiger partial charge is 0.496 e. The van der Waals surface area contributed by atoms with Crippen LogP contribution in [0.1, 0.15) is 30.7 Å². The number of halogens is 1. The van der Waals surface area contributed by atoms with E-state index in [1.807, 2.05) is 31.2 Å². The third-order valence-electron chi connectivity index (χ3n) is 4.21. The van der Waals surface area contributed by atoms with E-state index >= 15 is 0 Å². The summed E-state index contributed by atoms with van der Waals surface area (Å²) in [5.74, 6) is 2.54. The number of rotatable bonds is 6. The molecule has 2 N–H and O–H groups in total. The molecule has 2 aromatic rings. The molecular formula is C20H27IN4O2. The summed E-state index contributed by atoms with van der Waals surface area (Å²) in [5.41, 5.74) is 3.17. The van der Waals surface area contributed by atoms with E-state index in [0.717, 1.165) is 41.7 Å². The van der Waals surface area contributed by atoms with Crippen molar-refractivity contribution in [1.82, 2.24) is 15.6 Å². The third kappa shape index (κ3) is 5.72. The van der Waals surface area contributed by atoms with E-state index in [9.17, 15) is 0 Å². The number of pyridine rings is 1. The molecule has 2 heterocycles. The first-order valence-electron chi connectivity index (χ1n) is 8.98. The highest BCUT2D eigenvalue weighted by Gasteiger charge is 2.21. The molecule has 1 aliphatic heterocycles. The number of nitrogens with one attached hydrogen (secondary N) is 2. The predicted molar refractivity (Wildman–Crippen MR) is 118 cm³/mol. The predicted octanol–water partition coefficient (Wildman–Crippen LogP) is 3.29. The van der Waals surface area contributed by atoms with E-state index in [2.05, 4.69) is 33.6 Å². The average molecular weight is 482 g/mol. The van der Waals surface area contributed by atoms with Crippen molar-refractivity contribution in [2.24, 2.45) is 4.99 Å². The van der Waals surface area contributed by atoms with Crippen LogP contribution in [0.4, 0.5) is 0 Å². The molecule has 27 heavy (non-hydrogen) atoms. The van der Waals surface area contributed by atoms with Crippen LogP contribution < -0.4 is 20.1 Å². The van der Waals surface area contributed by atoms with Crippen molar-refractivity contribution in [3.05, 3.63) is 53.3 Å². The van der Waals surface area contributed by atoms with Crippen LogP contribution in [0.25, 0.3) is 0 Å². The number of benzene rings is 1. The summed E-state index contributed by atoms with van der Waals surface area (Å²) < 4.78 is 11.4. The van der Waals surface area contributed by atoms with Crippen LogP contribution in [0.15, 0.2) is 41.5 Å². The van der Waals surface area contributed by atoms with Crippen molar-refractivity contribution >= 4 is 29.9 Å². The zero-order valence-electron chi connectivity index (χ0n) is 16.0. The van der Waals surface area contributed by atoms with Crippen LogP contribution >= 0.6 is 24.0 Å². The number of ether oxygens (including phenoxy) is 2. The maximum Gasteiger partial charge on any atom is 0.191 e. The van der Waals surface area contributed by atoms with E-state index < -0.39 is 0 Å². The van der Waals surface area contributed by atoms with Gasteiger partial charge in [-0.05, 0) is 38.1 Å². The molecule has 1 aromatic carbocycles. The lowest BCUT2D eigenvalue weighted by Crippen LogP contribution is -2.37. The summed E-state index contributed by atoms with van der Waals surface area (Å²) in [6.45, 7) is 6.04. The van der Waals surface area contributed by atoms with Gasteiger partial charge in [-0.25, -0.2) is 4.99 Å². The Bertz CT molecular complexity index is 768. The molecule has 1 aromatic heterocycles. The van der Waals surface area contributed by atoms with Crippen LogP contribution in [0.2, 0.25) is 0 Å². The van der Waals surface area contributed by atoms with Crippen molar-refractivity contribution in [2.45, 2.75) is 39.5 Å². The van der Waals surface area contributed by atoms with E-state index in [-0.39, 0.29) is 30.1 Å². The number of aliphatic imine (C=N–C) groups is 1. The van der Waals surface area contributed by atoms with Gasteiger partial charge in [-0.3, -0.25) is 4.98 Å². The minimum Gasteiger partial charge on any atom is -0.496 e. The monoisotopic (exact) mass is 482 g/mol. The van der Waals surface area contributed by atoms with Gasteiger partial charge in [-0.15, -0.1) is 24.0 Å². The molecule has 0 amide bonds. The van der Waals surface area contributed by atoms with Gasteiger partial charge in [0.2, 0.25) is 0 Å². The number of hydrogen-bond donors (Lipinski definition) is 2. The first kappa shape index (κ1) is 21.3. The smallest absolute Gasteiger partial charge is 0.191 e. The number of aromatic nitrogens is 1. The maximum absolute atomic E-state index is 5.86. The molecule has 1 atom stereocenters. The summed E-state index contributed by atoms with van der Waals surface area (Å²) in [4.78, 5) is 9.00. The molecule has 0 aliphatic carbocycles. The summed E-state index contributed by atoms with van der Waals surface area (Å²) in [7, 11) is 1.69. The molecule has 3 rings (SSSR count). The Kier molecular flexibility index (Phi) is 8.15. The lowest BCUT2D eigenvalue weighted by molar-refractivity contribution is 0.254. The molecule has 0 radical (unpaired) electrons. The number of nitrogens with zero attached hydrogens (tertiary/aromatic N) is 2. The summed E-state index contributed by atoms with van der Waals surface area (Å²) >= 11 is 0. The van der Waals surface area contributed by atoms with Gasteiger partial charge >= 0.3 is 0 Å². The molecule has 1 unspecified atom stereocenters. The minimum atomic E-state index is 0. The quantitative estimate of drug-likeness (QED) is 0.376. The molecule has 6 nitrogen and oxygen atoms in total. The van der Waals surface area contributed by atoms with E-state index in [0.29, 0.717) is 13.1 Å². The van der Waals surface area contributed by atoms with Crippen LogP contribution in [-0.2, 0) is 19.5 Å². The Balaban J connectivity index is 0.00000261. The van der Waals surface area contributed by atoms with Gasteiger partial charge in [0.25, 0.3) is 0 Å². The van der Waals surface area contributed by atoms with Crippen LogP contribution in [0.3, 0.4) is 0 Å². The van der Waals surface area contributed by atoms with Crippen molar-refractivity contribution < 1.29 is 9.47 Å². The first-order valence-corrected chi connectivity index (χ1v) is 8.98. The fourth-order valence-corrected chi connectivity index (χ4v) is 2.98. The highest BCUT2D eigenvalue weighted by atomic mass is 127. The van der Waals surface area contributed by atoms with Crippen molar-refractivity contribution in [1.29, 1.82) is 0 Å². The standard InChI is InChI=1S/C20H26N4O2.HI/c1-4-21-20(24-13-17-7-5-6-8-22-17)23-12-16-11-19-15(9-14(2)26-19)10-18(16)25-3;/h5-8,10-11,14H,4,9,12-13H2,1-3H3,(H2,21,23,24);1H. The summed E-state index contributed by atoms with van der Waals surface area (Å²) in [5, 5.41) is 6.57. The molecule has 146 valence electrons. The van der Waals surface area contributed by atoms with Gasteiger partial charge in [0.05, 0.1) is 25.9 Å². The zero-order valence-corrected chi connectivity index (χ0v) is 18.3. The van der Waals surface area contributed by atoms with Crippen molar-refractivity contribution in [3.63, 3.8) is 0 Å². The first-order chi connectivity index (χ1) is 12.7. The fourth-order valence-electron chi connectivity index (χ4n) is 2.98. The second-order valence-corrected chi connectivity index (χ2v) is 6.27. The average Bonchev–Trinajstić information content (AvgIpc) is 3.02. The number of methoxy groups -OCH3 is 1. The molecule has 0 bridgehead atoms. The Morgan fingerprint density at radius 2 is 2.19 bits per heavy atom. The molecule has 7 heteroatoms. The van der Waals surface area contributed by atoms with Crippen molar-refractivity contribution in [3.8, 4) is 11.5 Å². The minimum absolute atomic E-state index is 0. The molecule has 0 fully saturated rings. The van der Waals surface area contributed by atoms with Crippen LogP contribution in [-0.4, -0.2) is 30.7 Å². The van der Waals surface area contributed by atoms with Gasteiger partial charge in [0.1, 0.15) is 17.6 Å². The van der Waals surface area contributed by atoms with Crippen molar-refractivity contribution in [2.75, 3.05) is 13.7 Å². The number of guanidine groups is 1. The normalized spacial score (nSPS) is 15.4. The highest BCUT2D eigenvalue weighted by molar-refractivity contribution is 14.0. The maximum atomic E-state index is 5.86. The fraction of sp³-hybridized carbons (Fsp3) is 0.400. The molecule has 1 aliphatic rings. The Morgan fingerprint density at radius 1 is 1.33 bits per heavy atom. The third-order valence-corrected chi connectivity index (χ3v) is 4.21. The van der Waals surface area contributed by atoms with E-state index in [4.69, 9.17) is 9.47 Å². The molecule has 0 saturated heterocycles. The Hall–Kier alpha value is -2.03. The van der Waals surface area contributed by atoms with Gasteiger partial charge in [-0.1, -0.05) is 6.07 Å². The Morgan fingerprint density at radius 3 is 2.89 bits per heavy atom. The number of hydrogen-bond acceptors (Lipinski definition) is 4. The lowest BCUT2D eigenvalue weighted by atomic mass is 10.1. The second-order valence-electron chi connectivity index (χ2n) is 6.27. The van der Waals surface area contributed by atoms with E-state index in [1.54, 1.807) is 13.3 Å². The van der Waals surface area contributed by atoms with Gasteiger partial charge < -0.3 is 20.1 Å². The lowest BCUT2D eigenvalue weighted by Gasteiger charge is -2.13. The van der Waals surface area contributed by atoms with E-state index in [1.165, 1.54) is 5.56 Å². The molecule has 0 saturated carbocycles. The summed E-state index contributed by atoms with van der Waals surface area (Å²) in [6.07, 6.45) is 2.92. The Labute approximate surface area is 177 Å². The molecule has 0 spiro atoms. The molecular weight excluding hydrogens is 455 g/mol. The van der Waals surface area contributed by atoms with Crippen LogP contribution in [0, 0.1) is 0 Å². The van der Waals surface area contributed by atoms with Gasteiger partial charge in [-0.2, -0.15) is 0 Å². The second kappa shape index (κ2) is 10.3. The number of fused-ring (bicyclic) bond motifs is 1.